The van der Waals surface area contributed by atoms with Crippen LogP contribution in [0.25, 0.3) is 0 Å². The van der Waals surface area contributed by atoms with Crippen LogP contribution >= 0.6 is 0 Å². The molecule has 3 aromatic carbocycles. The fourth-order valence-corrected chi connectivity index (χ4v) is 2.78. The number of para-hydroxylation sites is 1. The van der Waals surface area contributed by atoms with Gasteiger partial charge in [-0.25, -0.2) is 5.43 Å². The zero-order chi connectivity index (χ0) is 21.9. The van der Waals surface area contributed by atoms with Gasteiger partial charge < -0.3 is 9.47 Å². The third kappa shape index (κ3) is 6.18. The number of hydrogen-bond acceptors (Lipinski definition) is 5. The molecular formula is C25H23N3O3. The van der Waals surface area contributed by atoms with Crippen molar-refractivity contribution in [2.75, 3.05) is 6.61 Å². The second-order valence-corrected chi connectivity index (χ2v) is 6.67. The molecule has 31 heavy (non-hydrogen) atoms. The van der Waals surface area contributed by atoms with Gasteiger partial charge in [-0.05, 0) is 48.9 Å². The molecule has 3 aromatic rings. The minimum absolute atomic E-state index is 0.257. The van der Waals surface area contributed by atoms with Gasteiger partial charge in [-0.1, -0.05) is 37.3 Å². The molecule has 156 valence electrons. The molecule has 6 nitrogen and oxygen atoms in total. The molecule has 0 saturated heterocycles. The number of hydrogen-bond donors (Lipinski definition) is 1. The highest BCUT2D eigenvalue weighted by Gasteiger charge is 2.06. The molecule has 0 atom stereocenters. The van der Waals surface area contributed by atoms with Gasteiger partial charge >= 0.3 is 0 Å². The molecule has 0 heterocycles. The number of nitrogens with one attached hydrogen (secondary N) is 1. The lowest BCUT2D eigenvalue weighted by Crippen LogP contribution is -2.17. The van der Waals surface area contributed by atoms with Crippen LogP contribution in [0.5, 0.6) is 11.5 Å². The van der Waals surface area contributed by atoms with Gasteiger partial charge in [-0.2, -0.15) is 10.4 Å². The maximum absolute atomic E-state index is 12.3. The molecule has 0 aliphatic rings. The van der Waals surface area contributed by atoms with E-state index in [-0.39, 0.29) is 12.5 Å². The van der Waals surface area contributed by atoms with Crippen LogP contribution in [0.4, 0.5) is 0 Å². The minimum Gasteiger partial charge on any atom is -0.494 e. The van der Waals surface area contributed by atoms with E-state index in [1.165, 1.54) is 6.21 Å². The highest BCUT2D eigenvalue weighted by atomic mass is 16.5. The maximum atomic E-state index is 12.3. The van der Waals surface area contributed by atoms with Gasteiger partial charge in [0.1, 0.15) is 18.1 Å². The average Bonchev–Trinajstić information content (AvgIpc) is 2.82. The van der Waals surface area contributed by atoms with Crippen molar-refractivity contribution in [3.8, 4) is 17.6 Å². The van der Waals surface area contributed by atoms with Crippen LogP contribution in [0.1, 0.15) is 40.4 Å². The van der Waals surface area contributed by atoms with Crippen LogP contribution in [-0.2, 0) is 6.61 Å². The predicted octanol–water partition coefficient (Wildman–Crippen LogP) is 4.69. The number of nitriles is 1. The maximum Gasteiger partial charge on any atom is 0.271 e. The first-order valence-corrected chi connectivity index (χ1v) is 9.97. The van der Waals surface area contributed by atoms with Gasteiger partial charge in [0.05, 0.1) is 24.5 Å². The van der Waals surface area contributed by atoms with Gasteiger partial charge in [0.25, 0.3) is 5.91 Å². The molecule has 0 fully saturated rings. The Morgan fingerprint density at radius 2 is 1.77 bits per heavy atom. The van der Waals surface area contributed by atoms with Crippen molar-refractivity contribution in [3.05, 3.63) is 95.1 Å². The summed E-state index contributed by atoms with van der Waals surface area (Å²) in [7, 11) is 0. The lowest BCUT2D eigenvalue weighted by atomic mass is 10.1. The molecule has 0 bridgehead atoms. The van der Waals surface area contributed by atoms with Crippen LogP contribution in [-0.4, -0.2) is 18.7 Å². The number of hydrazone groups is 1. The number of carbonyl (C=O) groups excluding carboxylic acids is 1. The second kappa shape index (κ2) is 11.2. The zero-order valence-electron chi connectivity index (χ0n) is 17.2. The van der Waals surface area contributed by atoms with E-state index in [4.69, 9.17) is 9.47 Å². The van der Waals surface area contributed by atoms with Crippen molar-refractivity contribution >= 4 is 12.1 Å². The van der Waals surface area contributed by atoms with Crippen molar-refractivity contribution < 1.29 is 14.3 Å². The van der Waals surface area contributed by atoms with Crippen LogP contribution in [0.15, 0.2) is 77.9 Å². The Kier molecular flexibility index (Phi) is 7.78. The zero-order valence-corrected chi connectivity index (χ0v) is 17.2. The number of carbonyl (C=O) groups is 1. The third-order valence-corrected chi connectivity index (χ3v) is 4.40. The average molecular weight is 413 g/mol. The SMILES string of the molecule is CCCOc1ccc(C(=O)N/N=C\c2ccccc2OCc2ccccc2C#N)cc1. The standard InChI is InChI=1S/C25H23N3O3/c1-2-15-30-23-13-11-19(12-14-23)25(29)28-27-17-21-8-5-6-10-24(21)31-18-22-9-4-3-7-20(22)16-26/h3-14,17H,2,15,18H2,1H3,(H,28,29)/b27-17-. The number of ether oxygens (including phenoxy) is 2. The van der Waals surface area contributed by atoms with E-state index in [1.54, 1.807) is 30.3 Å². The molecule has 0 unspecified atom stereocenters. The van der Waals surface area contributed by atoms with Crippen molar-refractivity contribution in [2.45, 2.75) is 20.0 Å². The molecule has 0 radical (unpaired) electrons. The fraction of sp³-hybridized carbons (Fsp3) is 0.160. The Labute approximate surface area is 181 Å². The summed E-state index contributed by atoms with van der Waals surface area (Å²) in [5.74, 6) is 1.01. The summed E-state index contributed by atoms with van der Waals surface area (Å²) in [5, 5.41) is 13.3. The summed E-state index contributed by atoms with van der Waals surface area (Å²) in [6, 6.07) is 23.7. The molecular weight excluding hydrogens is 390 g/mol. The largest absolute Gasteiger partial charge is 0.494 e. The topological polar surface area (TPSA) is 83.7 Å². The van der Waals surface area contributed by atoms with E-state index in [0.29, 0.717) is 29.0 Å². The summed E-state index contributed by atoms with van der Waals surface area (Å²) in [6.07, 6.45) is 2.45. The van der Waals surface area contributed by atoms with Crippen LogP contribution in [0, 0.1) is 11.3 Å². The van der Waals surface area contributed by atoms with E-state index in [0.717, 1.165) is 17.7 Å². The van der Waals surface area contributed by atoms with Gasteiger partial charge in [0, 0.05) is 16.7 Å². The number of rotatable bonds is 9. The fourth-order valence-electron chi connectivity index (χ4n) is 2.78. The Bertz CT molecular complexity index is 1090. The van der Waals surface area contributed by atoms with Crippen LogP contribution in [0.3, 0.4) is 0 Å². The van der Waals surface area contributed by atoms with Crippen molar-refractivity contribution in [1.82, 2.24) is 5.43 Å². The van der Waals surface area contributed by atoms with E-state index < -0.39 is 0 Å². The Morgan fingerprint density at radius 3 is 2.55 bits per heavy atom. The summed E-state index contributed by atoms with van der Waals surface area (Å²) in [5.41, 5.74) is 5.09. The molecule has 1 N–H and O–H groups in total. The highest BCUT2D eigenvalue weighted by Crippen LogP contribution is 2.19. The van der Waals surface area contributed by atoms with Gasteiger partial charge in [0.2, 0.25) is 0 Å². The van der Waals surface area contributed by atoms with Crippen molar-refractivity contribution in [1.29, 1.82) is 5.26 Å². The predicted molar refractivity (Wildman–Crippen MR) is 119 cm³/mol. The molecule has 1 amide bonds. The Balaban J connectivity index is 1.61. The van der Waals surface area contributed by atoms with E-state index in [2.05, 4.69) is 16.6 Å². The number of amides is 1. The molecule has 6 heteroatoms. The summed E-state index contributed by atoms with van der Waals surface area (Å²) >= 11 is 0. The number of benzene rings is 3. The van der Waals surface area contributed by atoms with Gasteiger partial charge in [0.15, 0.2) is 0 Å². The monoisotopic (exact) mass is 413 g/mol. The Hall–Kier alpha value is -4.11. The van der Waals surface area contributed by atoms with Crippen molar-refractivity contribution in [3.63, 3.8) is 0 Å². The molecule has 0 saturated carbocycles. The van der Waals surface area contributed by atoms with Gasteiger partial charge in [-0.15, -0.1) is 0 Å². The first-order chi connectivity index (χ1) is 15.2. The number of nitrogens with zero attached hydrogens (tertiary/aromatic N) is 2. The Morgan fingerprint density at radius 1 is 1.03 bits per heavy atom. The lowest BCUT2D eigenvalue weighted by Gasteiger charge is -2.10. The molecule has 0 aliphatic carbocycles. The molecule has 0 aromatic heterocycles. The van der Waals surface area contributed by atoms with Crippen molar-refractivity contribution in [2.24, 2.45) is 5.10 Å². The van der Waals surface area contributed by atoms with Crippen LogP contribution in [0.2, 0.25) is 0 Å². The molecule has 0 aliphatic heterocycles. The van der Waals surface area contributed by atoms with E-state index in [9.17, 15) is 10.1 Å². The second-order valence-electron chi connectivity index (χ2n) is 6.67. The van der Waals surface area contributed by atoms with Crippen LogP contribution < -0.4 is 14.9 Å². The van der Waals surface area contributed by atoms with E-state index in [1.807, 2.05) is 49.4 Å². The normalized spacial score (nSPS) is 10.5. The van der Waals surface area contributed by atoms with Gasteiger partial charge in [-0.3, -0.25) is 4.79 Å². The smallest absolute Gasteiger partial charge is 0.271 e. The van der Waals surface area contributed by atoms with E-state index >= 15 is 0 Å². The third-order valence-electron chi connectivity index (χ3n) is 4.40. The lowest BCUT2D eigenvalue weighted by molar-refractivity contribution is 0.0955. The highest BCUT2D eigenvalue weighted by molar-refractivity contribution is 5.95. The summed E-state index contributed by atoms with van der Waals surface area (Å²) in [4.78, 5) is 12.3. The quantitative estimate of drug-likeness (QED) is 0.407. The summed E-state index contributed by atoms with van der Waals surface area (Å²) in [6.45, 7) is 2.93. The first kappa shape index (κ1) is 21.6. The summed E-state index contributed by atoms with van der Waals surface area (Å²) < 4.78 is 11.4. The molecule has 3 rings (SSSR count). The molecule has 0 spiro atoms. The first-order valence-electron chi connectivity index (χ1n) is 9.97. The minimum atomic E-state index is -0.320.